The lowest BCUT2D eigenvalue weighted by atomic mass is 9.83. The van der Waals surface area contributed by atoms with Crippen LogP contribution in [0.5, 0.6) is 0 Å². The maximum Gasteiger partial charge on any atom is 0.0536 e. The number of nitrogens with one attached hydrogen (secondary N) is 1. The maximum absolute atomic E-state index is 4.31. The van der Waals surface area contributed by atoms with Gasteiger partial charge in [-0.3, -0.25) is 9.58 Å². The average molecular weight is 278 g/mol. The van der Waals surface area contributed by atoms with Crippen LogP contribution in [-0.4, -0.2) is 46.4 Å². The van der Waals surface area contributed by atoms with Gasteiger partial charge in [-0.2, -0.15) is 5.10 Å². The van der Waals surface area contributed by atoms with Crippen molar-refractivity contribution in [3.63, 3.8) is 0 Å². The van der Waals surface area contributed by atoms with Gasteiger partial charge in [0.2, 0.25) is 0 Å². The highest BCUT2D eigenvalue weighted by Crippen LogP contribution is 2.25. The van der Waals surface area contributed by atoms with E-state index in [1.54, 1.807) is 0 Å². The van der Waals surface area contributed by atoms with Gasteiger partial charge in [-0.1, -0.05) is 34.6 Å². The van der Waals surface area contributed by atoms with Crippen molar-refractivity contribution >= 4 is 0 Å². The highest BCUT2D eigenvalue weighted by Gasteiger charge is 2.34. The SMILES string of the molecule is CC(C)C1CNC(C(C)(C)C)CN1CCn1cccn1. The second-order valence-electron chi connectivity index (χ2n) is 7.40. The van der Waals surface area contributed by atoms with Crippen molar-refractivity contribution < 1.29 is 0 Å². The zero-order valence-electron chi connectivity index (χ0n) is 13.6. The third-order valence-corrected chi connectivity index (χ3v) is 4.45. The number of piperazine rings is 1. The fourth-order valence-electron chi connectivity index (χ4n) is 2.98. The Labute approximate surface area is 123 Å². The number of rotatable bonds is 4. The molecule has 1 aromatic rings. The van der Waals surface area contributed by atoms with Crippen LogP contribution in [0.15, 0.2) is 18.5 Å². The summed E-state index contributed by atoms with van der Waals surface area (Å²) in [4.78, 5) is 2.65. The van der Waals surface area contributed by atoms with Gasteiger partial charge in [-0.25, -0.2) is 0 Å². The van der Waals surface area contributed by atoms with Gasteiger partial charge in [0.25, 0.3) is 0 Å². The third-order valence-electron chi connectivity index (χ3n) is 4.45. The standard InChI is InChI=1S/C16H30N4/c1-13(2)14-11-17-15(16(3,4)5)12-19(14)9-10-20-8-6-7-18-20/h6-8,13-15,17H,9-12H2,1-5H3. The first-order chi connectivity index (χ1) is 9.38. The molecular weight excluding hydrogens is 248 g/mol. The van der Waals surface area contributed by atoms with Crippen molar-refractivity contribution in [3.8, 4) is 0 Å². The topological polar surface area (TPSA) is 33.1 Å². The molecule has 2 unspecified atom stereocenters. The molecule has 1 aliphatic rings. The normalized spacial score (nSPS) is 25.3. The summed E-state index contributed by atoms with van der Waals surface area (Å²) >= 11 is 0. The second-order valence-corrected chi connectivity index (χ2v) is 7.40. The molecule has 0 saturated carbocycles. The molecule has 1 N–H and O–H groups in total. The first-order valence-corrected chi connectivity index (χ1v) is 7.83. The molecule has 1 aromatic heterocycles. The van der Waals surface area contributed by atoms with E-state index in [-0.39, 0.29) is 0 Å². The smallest absolute Gasteiger partial charge is 0.0536 e. The van der Waals surface area contributed by atoms with E-state index >= 15 is 0 Å². The Hall–Kier alpha value is -0.870. The fourth-order valence-corrected chi connectivity index (χ4v) is 2.98. The lowest BCUT2D eigenvalue weighted by molar-refractivity contribution is 0.0598. The van der Waals surface area contributed by atoms with Crippen LogP contribution in [0, 0.1) is 11.3 Å². The summed E-state index contributed by atoms with van der Waals surface area (Å²) in [5.74, 6) is 0.682. The summed E-state index contributed by atoms with van der Waals surface area (Å²) in [6.07, 6.45) is 3.91. The minimum atomic E-state index is 0.311. The van der Waals surface area contributed by atoms with Crippen molar-refractivity contribution in [1.29, 1.82) is 0 Å². The molecule has 20 heavy (non-hydrogen) atoms. The minimum absolute atomic E-state index is 0.311. The molecule has 0 aliphatic carbocycles. The number of hydrogen-bond acceptors (Lipinski definition) is 3. The average Bonchev–Trinajstić information content (AvgIpc) is 2.87. The van der Waals surface area contributed by atoms with Crippen LogP contribution in [-0.2, 0) is 6.54 Å². The van der Waals surface area contributed by atoms with Crippen LogP contribution < -0.4 is 5.32 Å². The largest absolute Gasteiger partial charge is 0.311 e. The Morgan fingerprint density at radius 1 is 1.30 bits per heavy atom. The molecule has 4 nitrogen and oxygen atoms in total. The molecule has 114 valence electrons. The van der Waals surface area contributed by atoms with Gasteiger partial charge < -0.3 is 5.32 Å². The molecular formula is C16H30N4. The van der Waals surface area contributed by atoms with Gasteiger partial charge >= 0.3 is 0 Å². The molecule has 2 rings (SSSR count). The summed E-state index contributed by atoms with van der Waals surface area (Å²) in [7, 11) is 0. The van der Waals surface area contributed by atoms with Crippen LogP contribution in [0.2, 0.25) is 0 Å². The predicted molar refractivity (Wildman–Crippen MR) is 83.7 cm³/mol. The first-order valence-electron chi connectivity index (χ1n) is 7.83. The lowest BCUT2D eigenvalue weighted by Gasteiger charge is -2.46. The molecule has 0 spiro atoms. The van der Waals surface area contributed by atoms with Crippen LogP contribution in [0.3, 0.4) is 0 Å². The molecule has 0 aromatic carbocycles. The summed E-state index contributed by atoms with van der Waals surface area (Å²) < 4.78 is 2.03. The molecule has 2 heterocycles. The van der Waals surface area contributed by atoms with Gasteiger partial charge in [0, 0.05) is 44.1 Å². The van der Waals surface area contributed by atoms with Crippen LogP contribution in [0.1, 0.15) is 34.6 Å². The van der Waals surface area contributed by atoms with E-state index in [2.05, 4.69) is 49.9 Å². The summed E-state index contributed by atoms with van der Waals surface area (Å²) in [6, 6.07) is 3.19. The predicted octanol–water partition coefficient (Wildman–Crippen LogP) is 2.23. The van der Waals surface area contributed by atoms with Gasteiger partial charge in [0.15, 0.2) is 0 Å². The zero-order valence-corrected chi connectivity index (χ0v) is 13.6. The highest BCUT2D eigenvalue weighted by molar-refractivity contribution is 4.93. The highest BCUT2D eigenvalue weighted by atomic mass is 15.3. The zero-order chi connectivity index (χ0) is 14.8. The van der Waals surface area contributed by atoms with E-state index in [9.17, 15) is 0 Å². The number of nitrogens with zero attached hydrogens (tertiary/aromatic N) is 3. The molecule has 1 fully saturated rings. The van der Waals surface area contributed by atoms with Crippen LogP contribution in [0.4, 0.5) is 0 Å². The first kappa shape index (κ1) is 15.5. The third kappa shape index (κ3) is 3.83. The molecule has 4 heteroatoms. The molecule has 1 aliphatic heterocycles. The summed E-state index contributed by atoms with van der Waals surface area (Å²) in [5.41, 5.74) is 0.311. The molecule has 0 bridgehead atoms. The van der Waals surface area contributed by atoms with E-state index in [1.807, 2.05) is 23.1 Å². The van der Waals surface area contributed by atoms with Crippen molar-refractivity contribution in [2.45, 2.75) is 53.2 Å². The van der Waals surface area contributed by atoms with Crippen molar-refractivity contribution in [1.82, 2.24) is 20.0 Å². The maximum atomic E-state index is 4.31. The Balaban J connectivity index is 1.99. The minimum Gasteiger partial charge on any atom is -0.311 e. The van der Waals surface area contributed by atoms with Crippen LogP contribution in [0.25, 0.3) is 0 Å². The van der Waals surface area contributed by atoms with E-state index < -0.39 is 0 Å². The number of hydrogen-bond donors (Lipinski definition) is 1. The van der Waals surface area contributed by atoms with E-state index in [0.29, 0.717) is 23.4 Å². The fraction of sp³-hybridized carbons (Fsp3) is 0.812. The quantitative estimate of drug-likeness (QED) is 0.917. The van der Waals surface area contributed by atoms with E-state index in [4.69, 9.17) is 0 Å². The monoisotopic (exact) mass is 278 g/mol. The Kier molecular flexibility index (Phi) is 4.86. The Bertz CT molecular complexity index is 391. The van der Waals surface area contributed by atoms with E-state index in [0.717, 1.165) is 26.2 Å². The Morgan fingerprint density at radius 2 is 2.05 bits per heavy atom. The van der Waals surface area contributed by atoms with Crippen molar-refractivity contribution in [2.75, 3.05) is 19.6 Å². The number of aromatic nitrogens is 2. The molecule has 2 atom stereocenters. The van der Waals surface area contributed by atoms with Gasteiger partial charge in [0.1, 0.15) is 0 Å². The van der Waals surface area contributed by atoms with Crippen LogP contribution >= 0.6 is 0 Å². The van der Waals surface area contributed by atoms with E-state index in [1.165, 1.54) is 0 Å². The Morgan fingerprint density at radius 3 is 2.60 bits per heavy atom. The summed E-state index contributed by atoms with van der Waals surface area (Å²) in [6.45, 7) is 15.9. The van der Waals surface area contributed by atoms with Crippen molar-refractivity contribution in [2.24, 2.45) is 11.3 Å². The second kappa shape index (κ2) is 6.27. The van der Waals surface area contributed by atoms with Gasteiger partial charge in [-0.15, -0.1) is 0 Å². The molecule has 1 saturated heterocycles. The van der Waals surface area contributed by atoms with Crippen molar-refractivity contribution in [3.05, 3.63) is 18.5 Å². The molecule has 0 radical (unpaired) electrons. The van der Waals surface area contributed by atoms with Gasteiger partial charge in [0.05, 0.1) is 6.54 Å². The van der Waals surface area contributed by atoms with Gasteiger partial charge in [-0.05, 0) is 17.4 Å². The summed E-state index contributed by atoms with van der Waals surface area (Å²) in [5, 5.41) is 8.06. The lowest BCUT2D eigenvalue weighted by Crippen LogP contribution is -2.62. The molecule has 0 amide bonds.